The van der Waals surface area contributed by atoms with Crippen molar-refractivity contribution in [3.8, 4) is 0 Å². The Labute approximate surface area is 189 Å². The van der Waals surface area contributed by atoms with Gasteiger partial charge in [-0.3, -0.25) is 24.0 Å². The van der Waals surface area contributed by atoms with Crippen LogP contribution in [0.25, 0.3) is 0 Å². The second-order valence-corrected chi connectivity index (χ2v) is 7.82. The highest BCUT2D eigenvalue weighted by Gasteiger charge is 2.33. The van der Waals surface area contributed by atoms with Crippen molar-refractivity contribution in [2.45, 2.75) is 76.7 Å². The average Bonchev–Trinajstić information content (AvgIpc) is 2.70. The first-order valence-electron chi connectivity index (χ1n) is 10.2. The van der Waals surface area contributed by atoms with Crippen LogP contribution in [0.1, 0.15) is 46.5 Å². The smallest absolute Gasteiger partial charge is 0.326 e. The highest BCUT2D eigenvalue weighted by atomic mass is 16.4. The van der Waals surface area contributed by atoms with Gasteiger partial charge in [0.15, 0.2) is 0 Å². The maximum absolute atomic E-state index is 12.7. The molecule has 0 saturated heterocycles. The highest BCUT2D eigenvalue weighted by Crippen LogP contribution is 2.06. The van der Waals surface area contributed by atoms with Crippen LogP contribution in [0.3, 0.4) is 0 Å². The van der Waals surface area contributed by atoms with Crippen LogP contribution >= 0.6 is 0 Å². The monoisotopic (exact) mass is 476 g/mol. The summed E-state index contributed by atoms with van der Waals surface area (Å²) in [6.07, 6.45) is -3.36. The summed E-state index contributed by atoms with van der Waals surface area (Å²) in [4.78, 5) is 70.3. The molecule has 0 aromatic carbocycles. The van der Waals surface area contributed by atoms with Crippen molar-refractivity contribution in [2.24, 2.45) is 11.7 Å². The number of carboxylic acids is 3. The molecule has 5 unspecified atom stereocenters. The van der Waals surface area contributed by atoms with Crippen LogP contribution in [0.15, 0.2) is 0 Å². The molecule has 0 bridgehead atoms. The lowest BCUT2D eigenvalue weighted by atomic mass is 10.0. The summed E-state index contributed by atoms with van der Waals surface area (Å²) < 4.78 is 0. The Hall–Kier alpha value is -3.26. The van der Waals surface area contributed by atoms with E-state index in [0.717, 1.165) is 6.92 Å². The number of rotatable bonds is 15. The average molecular weight is 476 g/mol. The molecule has 14 heteroatoms. The van der Waals surface area contributed by atoms with Crippen LogP contribution in [-0.4, -0.2) is 86.3 Å². The Morgan fingerprint density at radius 2 is 1.18 bits per heavy atom. The van der Waals surface area contributed by atoms with Crippen LogP contribution in [0, 0.1) is 5.92 Å². The number of nitrogens with two attached hydrogens (primary N) is 1. The van der Waals surface area contributed by atoms with E-state index in [-0.39, 0.29) is 12.3 Å². The van der Waals surface area contributed by atoms with Crippen molar-refractivity contribution in [3.63, 3.8) is 0 Å². The number of amides is 3. The largest absolute Gasteiger partial charge is 0.481 e. The van der Waals surface area contributed by atoms with E-state index in [1.807, 2.05) is 5.32 Å². The molecule has 0 fully saturated rings. The molecule has 33 heavy (non-hydrogen) atoms. The Morgan fingerprint density at radius 1 is 0.727 bits per heavy atom. The first-order valence-corrected chi connectivity index (χ1v) is 10.2. The predicted molar refractivity (Wildman–Crippen MR) is 112 cm³/mol. The van der Waals surface area contributed by atoms with Gasteiger partial charge in [-0.1, -0.05) is 13.8 Å². The topological polar surface area (TPSA) is 245 Å². The predicted octanol–water partition coefficient (Wildman–Crippen LogP) is -2.38. The SMILES string of the molecule is CC(C)C(N)C(=O)NC(CCC(=O)O)C(=O)NC(C(=O)NC(CCC(=O)O)C(=O)O)C(C)O. The van der Waals surface area contributed by atoms with Gasteiger partial charge in [-0.15, -0.1) is 0 Å². The van der Waals surface area contributed by atoms with E-state index < -0.39 is 85.2 Å². The van der Waals surface area contributed by atoms with E-state index >= 15 is 0 Å². The molecule has 0 radical (unpaired) electrons. The van der Waals surface area contributed by atoms with Gasteiger partial charge in [-0.05, 0) is 25.7 Å². The molecule has 0 aliphatic heterocycles. The van der Waals surface area contributed by atoms with Crippen LogP contribution in [0.2, 0.25) is 0 Å². The number of carbonyl (C=O) groups is 6. The van der Waals surface area contributed by atoms with Gasteiger partial charge in [-0.2, -0.15) is 0 Å². The van der Waals surface area contributed by atoms with Crippen molar-refractivity contribution in [3.05, 3.63) is 0 Å². The second kappa shape index (κ2) is 14.0. The van der Waals surface area contributed by atoms with Crippen LogP contribution in [-0.2, 0) is 28.8 Å². The number of carboxylic acid groups (broad SMARTS) is 3. The zero-order valence-electron chi connectivity index (χ0n) is 18.6. The number of aliphatic hydroxyl groups is 1. The van der Waals surface area contributed by atoms with Gasteiger partial charge in [0, 0.05) is 12.8 Å². The molecule has 0 spiro atoms. The van der Waals surface area contributed by atoms with Gasteiger partial charge in [0.2, 0.25) is 17.7 Å². The van der Waals surface area contributed by atoms with E-state index in [2.05, 4.69) is 10.6 Å². The quantitative estimate of drug-likeness (QED) is 0.124. The summed E-state index contributed by atoms with van der Waals surface area (Å²) in [5, 5.41) is 43.2. The van der Waals surface area contributed by atoms with Crippen LogP contribution in [0.4, 0.5) is 0 Å². The van der Waals surface area contributed by atoms with Gasteiger partial charge in [0.1, 0.15) is 18.1 Å². The molecular formula is C19H32N4O10. The summed E-state index contributed by atoms with van der Waals surface area (Å²) in [7, 11) is 0. The summed E-state index contributed by atoms with van der Waals surface area (Å²) >= 11 is 0. The third-order valence-corrected chi connectivity index (χ3v) is 4.62. The van der Waals surface area contributed by atoms with Crippen LogP contribution in [0.5, 0.6) is 0 Å². The lowest BCUT2D eigenvalue weighted by molar-refractivity contribution is -0.144. The number of hydrogen-bond acceptors (Lipinski definition) is 8. The van der Waals surface area contributed by atoms with E-state index in [1.54, 1.807) is 13.8 Å². The minimum Gasteiger partial charge on any atom is -0.481 e. The minimum atomic E-state index is -1.67. The lowest BCUT2D eigenvalue weighted by Crippen LogP contribution is -2.60. The molecule has 0 aromatic rings. The van der Waals surface area contributed by atoms with Gasteiger partial charge in [0.25, 0.3) is 0 Å². The Bertz CT molecular complexity index is 740. The molecule has 0 heterocycles. The fraction of sp³-hybridized carbons (Fsp3) is 0.684. The zero-order valence-corrected chi connectivity index (χ0v) is 18.6. The molecule has 3 amide bonds. The third kappa shape index (κ3) is 11.2. The maximum Gasteiger partial charge on any atom is 0.326 e. The Morgan fingerprint density at radius 3 is 1.58 bits per heavy atom. The molecule has 0 aromatic heterocycles. The van der Waals surface area contributed by atoms with E-state index in [4.69, 9.17) is 15.9 Å². The summed E-state index contributed by atoms with van der Waals surface area (Å²) in [6.45, 7) is 4.46. The Balaban J connectivity index is 5.49. The van der Waals surface area contributed by atoms with Gasteiger partial charge in [-0.25, -0.2) is 4.79 Å². The maximum atomic E-state index is 12.7. The molecule has 9 N–H and O–H groups in total. The standard InChI is InChI=1S/C19H32N4O10/c1-8(2)14(20)17(30)21-10(4-6-12(25)26)16(29)23-15(9(3)24)18(31)22-11(19(32)33)5-7-13(27)28/h8-11,14-15,24H,4-7,20H2,1-3H3,(H,21,30)(H,22,31)(H,23,29)(H,25,26)(H,27,28)(H,32,33). The van der Waals surface area contributed by atoms with Crippen molar-refractivity contribution >= 4 is 35.6 Å². The molecule has 0 aliphatic rings. The van der Waals surface area contributed by atoms with E-state index in [0.29, 0.717) is 0 Å². The Kier molecular flexibility index (Phi) is 12.6. The van der Waals surface area contributed by atoms with Crippen molar-refractivity contribution in [1.29, 1.82) is 0 Å². The van der Waals surface area contributed by atoms with E-state index in [9.17, 15) is 39.0 Å². The first kappa shape index (κ1) is 29.7. The highest BCUT2D eigenvalue weighted by molar-refractivity contribution is 5.94. The molecule has 0 saturated carbocycles. The van der Waals surface area contributed by atoms with E-state index in [1.165, 1.54) is 0 Å². The molecule has 0 rings (SSSR count). The number of hydrogen-bond donors (Lipinski definition) is 8. The summed E-state index contributed by atoms with van der Waals surface area (Å²) in [6, 6.07) is -5.67. The second-order valence-electron chi connectivity index (χ2n) is 7.82. The van der Waals surface area contributed by atoms with Gasteiger partial charge in [0.05, 0.1) is 12.1 Å². The first-order chi connectivity index (χ1) is 15.2. The van der Waals surface area contributed by atoms with Crippen molar-refractivity contribution in [2.75, 3.05) is 0 Å². The van der Waals surface area contributed by atoms with Crippen molar-refractivity contribution in [1.82, 2.24) is 16.0 Å². The molecule has 14 nitrogen and oxygen atoms in total. The molecule has 0 aliphatic carbocycles. The third-order valence-electron chi connectivity index (χ3n) is 4.62. The summed E-state index contributed by atoms with van der Waals surface area (Å²) in [5.41, 5.74) is 5.73. The number of aliphatic carboxylic acids is 3. The number of carbonyl (C=O) groups excluding carboxylic acids is 3. The van der Waals surface area contributed by atoms with Crippen molar-refractivity contribution < 1.29 is 49.2 Å². The fourth-order valence-corrected chi connectivity index (χ4v) is 2.55. The number of aliphatic hydroxyl groups excluding tert-OH is 1. The fourth-order valence-electron chi connectivity index (χ4n) is 2.55. The molecule has 5 atom stereocenters. The summed E-state index contributed by atoms with van der Waals surface area (Å²) in [5.74, 6) is -7.18. The van der Waals surface area contributed by atoms with Crippen LogP contribution < -0.4 is 21.7 Å². The lowest BCUT2D eigenvalue weighted by Gasteiger charge is -2.26. The number of nitrogens with one attached hydrogen (secondary N) is 3. The van der Waals surface area contributed by atoms with Gasteiger partial charge < -0.3 is 42.1 Å². The molecular weight excluding hydrogens is 444 g/mol. The molecule has 188 valence electrons. The van der Waals surface area contributed by atoms with Gasteiger partial charge >= 0.3 is 17.9 Å². The normalized spacial score (nSPS) is 15.5. The minimum absolute atomic E-state index is 0.289. The zero-order chi connectivity index (χ0) is 25.9.